The SMILES string of the molecule is CN=C(NCCc1ccc(C)nc1)NCC(C)C.I. The lowest BCUT2D eigenvalue weighted by Crippen LogP contribution is -2.39. The van der Waals surface area contributed by atoms with E-state index in [1.165, 1.54) is 5.56 Å². The van der Waals surface area contributed by atoms with Gasteiger partial charge in [0.15, 0.2) is 5.96 Å². The van der Waals surface area contributed by atoms with Gasteiger partial charge in [0.1, 0.15) is 0 Å². The van der Waals surface area contributed by atoms with Crippen molar-refractivity contribution in [2.45, 2.75) is 27.2 Å². The van der Waals surface area contributed by atoms with E-state index >= 15 is 0 Å². The average Bonchev–Trinajstić information content (AvgIpc) is 2.35. The number of aryl methyl sites for hydroxylation is 1. The highest BCUT2D eigenvalue weighted by Crippen LogP contribution is 1.99. The number of halogens is 1. The summed E-state index contributed by atoms with van der Waals surface area (Å²) in [6.07, 6.45) is 2.89. The molecule has 0 atom stereocenters. The zero-order valence-electron chi connectivity index (χ0n) is 12.2. The minimum Gasteiger partial charge on any atom is -0.356 e. The lowest BCUT2D eigenvalue weighted by atomic mass is 10.2. The van der Waals surface area contributed by atoms with Crippen molar-refractivity contribution in [1.29, 1.82) is 0 Å². The van der Waals surface area contributed by atoms with Crippen LogP contribution in [0.1, 0.15) is 25.1 Å². The summed E-state index contributed by atoms with van der Waals surface area (Å²) in [5, 5.41) is 6.59. The van der Waals surface area contributed by atoms with Gasteiger partial charge in [0.05, 0.1) is 0 Å². The van der Waals surface area contributed by atoms with Gasteiger partial charge in [-0.3, -0.25) is 9.98 Å². The van der Waals surface area contributed by atoms with E-state index in [4.69, 9.17) is 0 Å². The van der Waals surface area contributed by atoms with Gasteiger partial charge in [0, 0.05) is 32.0 Å². The second-order valence-corrected chi connectivity index (χ2v) is 4.83. The fourth-order valence-electron chi connectivity index (χ4n) is 1.49. The minimum atomic E-state index is 0. The summed E-state index contributed by atoms with van der Waals surface area (Å²) in [4.78, 5) is 8.47. The van der Waals surface area contributed by atoms with Crippen LogP contribution in [0.2, 0.25) is 0 Å². The maximum Gasteiger partial charge on any atom is 0.190 e. The molecule has 1 rings (SSSR count). The Hall–Kier alpha value is -0.850. The van der Waals surface area contributed by atoms with Crippen LogP contribution in [0.3, 0.4) is 0 Å². The highest BCUT2D eigenvalue weighted by molar-refractivity contribution is 14.0. The van der Waals surface area contributed by atoms with E-state index in [1.54, 1.807) is 7.05 Å². The lowest BCUT2D eigenvalue weighted by Gasteiger charge is -2.13. The minimum absolute atomic E-state index is 0. The Morgan fingerprint density at radius 3 is 2.58 bits per heavy atom. The second-order valence-electron chi connectivity index (χ2n) is 4.83. The van der Waals surface area contributed by atoms with Crippen LogP contribution < -0.4 is 10.6 Å². The molecule has 0 saturated heterocycles. The Bertz CT molecular complexity index is 374. The van der Waals surface area contributed by atoms with Crippen LogP contribution in [0.5, 0.6) is 0 Å². The smallest absolute Gasteiger partial charge is 0.190 e. The monoisotopic (exact) mass is 376 g/mol. The highest BCUT2D eigenvalue weighted by Gasteiger charge is 1.99. The van der Waals surface area contributed by atoms with Crippen LogP contribution in [-0.2, 0) is 6.42 Å². The van der Waals surface area contributed by atoms with Crippen molar-refractivity contribution in [3.63, 3.8) is 0 Å². The maximum absolute atomic E-state index is 4.28. The third kappa shape index (κ3) is 8.02. The number of rotatable bonds is 5. The summed E-state index contributed by atoms with van der Waals surface area (Å²) >= 11 is 0. The number of nitrogens with one attached hydrogen (secondary N) is 2. The Morgan fingerprint density at radius 2 is 2.05 bits per heavy atom. The molecular formula is C14H25IN4. The summed E-state index contributed by atoms with van der Waals surface area (Å²) < 4.78 is 0. The number of hydrogen-bond acceptors (Lipinski definition) is 2. The number of guanidine groups is 1. The van der Waals surface area contributed by atoms with Gasteiger partial charge in [0.25, 0.3) is 0 Å². The molecule has 0 aromatic carbocycles. The van der Waals surface area contributed by atoms with Crippen LogP contribution in [0, 0.1) is 12.8 Å². The van der Waals surface area contributed by atoms with E-state index in [-0.39, 0.29) is 24.0 Å². The van der Waals surface area contributed by atoms with E-state index in [9.17, 15) is 0 Å². The first-order valence-electron chi connectivity index (χ1n) is 6.48. The molecule has 0 fully saturated rings. The quantitative estimate of drug-likeness (QED) is 0.471. The average molecular weight is 376 g/mol. The maximum atomic E-state index is 4.28. The zero-order chi connectivity index (χ0) is 13.4. The molecule has 0 aliphatic rings. The Kier molecular flexibility index (Phi) is 9.55. The van der Waals surface area contributed by atoms with Gasteiger partial charge < -0.3 is 10.6 Å². The van der Waals surface area contributed by atoms with Crippen molar-refractivity contribution in [3.05, 3.63) is 29.6 Å². The number of aromatic nitrogens is 1. The standard InChI is InChI=1S/C14H24N4.HI/c1-11(2)9-18-14(15-4)16-8-7-13-6-5-12(3)17-10-13;/h5-6,10-11H,7-9H2,1-4H3,(H2,15,16,18);1H. The van der Waals surface area contributed by atoms with Gasteiger partial charge in [-0.1, -0.05) is 19.9 Å². The van der Waals surface area contributed by atoms with Crippen LogP contribution in [-0.4, -0.2) is 31.1 Å². The Morgan fingerprint density at radius 1 is 1.32 bits per heavy atom. The molecule has 19 heavy (non-hydrogen) atoms. The van der Waals surface area contributed by atoms with Gasteiger partial charge in [0.2, 0.25) is 0 Å². The first-order valence-corrected chi connectivity index (χ1v) is 6.48. The highest BCUT2D eigenvalue weighted by atomic mass is 127. The fourth-order valence-corrected chi connectivity index (χ4v) is 1.49. The van der Waals surface area contributed by atoms with Crippen molar-refractivity contribution in [2.24, 2.45) is 10.9 Å². The van der Waals surface area contributed by atoms with Gasteiger partial charge in [-0.25, -0.2) is 0 Å². The molecule has 1 aromatic heterocycles. The van der Waals surface area contributed by atoms with Crippen LogP contribution in [0.4, 0.5) is 0 Å². The Balaban J connectivity index is 0.00000324. The third-order valence-corrected chi connectivity index (χ3v) is 2.58. The molecule has 0 amide bonds. The second kappa shape index (κ2) is 10.00. The molecule has 4 nitrogen and oxygen atoms in total. The van der Waals surface area contributed by atoms with Crippen LogP contribution in [0.25, 0.3) is 0 Å². The van der Waals surface area contributed by atoms with Gasteiger partial charge >= 0.3 is 0 Å². The van der Waals surface area contributed by atoms with Crippen molar-refractivity contribution in [2.75, 3.05) is 20.1 Å². The first-order chi connectivity index (χ1) is 8.61. The zero-order valence-corrected chi connectivity index (χ0v) is 14.6. The first kappa shape index (κ1) is 18.1. The molecule has 0 radical (unpaired) electrons. The molecule has 0 aliphatic carbocycles. The lowest BCUT2D eigenvalue weighted by molar-refractivity contribution is 0.614. The number of pyridine rings is 1. The summed E-state index contributed by atoms with van der Waals surface area (Å²) in [5.74, 6) is 1.48. The molecular weight excluding hydrogens is 351 g/mol. The van der Waals surface area contributed by atoms with Crippen LogP contribution in [0.15, 0.2) is 23.3 Å². The van der Waals surface area contributed by atoms with Gasteiger partial charge in [-0.15, -0.1) is 24.0 Å². The molecule has 108 valence electrons. The molecule has 1 heterocycles. The van der Waals surface area contributed by atoms with Gasteiger partial charge in [-0.2, -0.15) is 0 Å². The van der Waals surface area contributed by atoms with E-state index in [2.05, 4.69) is 40.5 Å². The third-order valence-electron chi connectivity index (χ3n) is 2.58. The van der Waals surface area contributed by atoms with E-state index in [0.717, 1.165) is 31.2 Å². The summed E-state index contributed by atoms with van der Waals surface area (Å²) in [6.45, 7) is 8.16. The molecule has 0 bridgehead atoms. The molecule has 2 N–H and O–H groups in total. The van der Waals surface area contributed by atoms with Crippen molar-refractivity contribution in [1.82, 2.24) is 15.6 Å². The van der Waals surface area contributed by atoms with Crippen molar-refractivity contribution < 1.29 is 0 Å². The molecule has 0 aliphatic heterocycles. The summed E-state index contributed by atoms with van der Waals surface area (Å²) in [7, 11) is 1.79. The van der Waals surface area contributed by atoms with Crippen molar-refractivity contribution >= 4 is 29.9 Å². The number of nitrogens with zero attached hydrogens (tertiary/aromatic N) is 2. The van der Waals surface area contributed by atoms with E-state index < -0.39 is 0 Å². The normalized spacial score (nSPS) is 11.1. The predicted octanol–water partition coefficient (Wildman–Crippen LogP) is 2.37. The molecule has 0 saturated carbocycles. The molecule has 5 heteroatoms. The molecule has 0 unspecified atom stereocenters. The molecule has 0 spiro atoms. The largest absolute Gasteiger partial charge is 0.356 e. The number of hydrogen-bond donors (Lipinski definition) is 2. The predicted molar refractivity (Wildman–Crippen MR) is 92.3 cm³/mol. The van der Waals surface area contributed by atoms with Gasteiger partial charge in [-0.05, 0) is 30.9 Å². The molecule has 1 aromatic rings. The topological polar surface area (TPSA) is 49.3 Å². The summed E-state index contributed by atoms with van der Waals surface area (Å²) in [5.41, 5.74) is 2.30. The Labute approximate surface area is 133 Å². The fraction of sp³-hybridized carbons (Fsp3) is 0.571. The van der Waals surface area contributed by atoms with Crippen molar-refractivity contribution in [3.8, 4) is 0 Å². The van der Waals surface area contributed by atoms with E-state index in [1.807, 2.05) is 19.2 Å². The van der Waals surface area contributed by atoms with Crippen LogP contribution >= 0.6 is 24.0 Å². The van der Waals surface area contributed by atoms with E-state index in [0.29, 0.717) is 5.92 Å². The number of aliphatic imine (C=N–C) groups is 1. The summed E-state index contributed by atoms with van der Waals surface area (Å²) in [6, 6.07) is 4.16.